The van der Waals surface area contributed by atoms with Crippen LogP contribution in [0.1, 0.15) is 117 Å². The number of nitrogen functional groups attached to an aromatic ring is 2. The molecular weight excluding hydrogens is 650 g/mol. The molecule has 4 rings (SSSR count). The average molecular weight is 712 g/mol. The number of Topliss-reactive ketones (excluding diaryl/α,β-unsaturated/α-hetero) is 2. The molecular formula is C37H61N9O5. The fourth-order valence-corrected chi connectivity index (χ4v) is 5.47. The molecule has 0 aromatic carbocycles. The van der Waals surface area contributed by atoms with E-state index in [1.807, 2.05) is 67.5 Å². The maximum absolute atomic E-state index is 13.2. The van der Waals surface area contributed by atoms with Crippen LogP contribution in [0.25, 0.3) is 11.2 Å². The van der Waals surface area contributed by atoms with Crippen molar-refractivity contribution in [3.8, 4) is 0 Å². The average Bonchev–Trinajstić information content (AvgIpc) is 3.56. The van der Waals surface area contributed by atoms with Gasteiger partial charge in [0.2, 0.25) is 11.7 Å². The minimum absolute atomic E-state index is 0.00509. The number of ether oxygens (including phenoxy) is 1. The highest BCUT2D eigenvalue weighted by molar-refractivity contribution is 6.08. The number of imidazole rings is 1. The van der Waals surface area contributed by atoms with E-state index in [1.165, 1.54) is 10.8 Å². The van der Waals surface area contributed by atoms with E-state index in [2.05, 4.69) is 60.8 Å². The van der Waals surface area contributed by atoms with Crippen LogP contribution in [0, 0.1) is 17.3 Å². The Labute approximate surface area is 302 Å². The molecule has 5 N–H and O–H groups in total. The summed E-state index contributed by atoms with van der Waals surface area (Å²) in [6, 6.07) is 0. The highest BCUT2D eigenvalue weighted by Gasteiger charge is 2.50. The first kappa shape index (κ1) is 44.6. The van der Waals surface area contributed by atoms with Crippen LogP contribution in [0.3, 0.4) is 0 Å². The number of hydrogen-bond acceptors (Lipinski definition) is 11. The number of nitrogens with zero attached hydrogens (tertiary/aromatic N) is 6. The standard InChI is InChI=1S/C20H29N5O3.C13H22N4O2.C2H6.C2H4/c1-8-12-11(5)20(6,7)18(28-12)25-15-13(17(27)24-19(21)23-15)22-16(25)14(26)10(4)9(2)3;1-8(13(2,3)16(4)5)10(18)9-7-17(6)12(19)15-11(9)14;2*1-2/h11-12,18H,8H2,1-7H3,(H3,21,23,24,27);7-8H,1-6H3,(H2,14,15,19);1-2H3;1-2H2/t11-,12+,18+;;;/m0.../s1. The van der Waals surface area contributed by atoms with Crippen molar-refractivity contribution < 1.29 is 14.3 Å². The second-order valence-electron chi connectivity index (χ2n) is 14.0. The molecule has 1 fully saturated rings. The number of fused-ring (bicyclic) bond motifs is 1. The van der Waals surface area contributed by atoms with Crippen molar-refractivity contribution in [1.29, 1.82) is 0 Å². The van der Waals surface area contributed by atoms with Gasteiger partial charge in [0.05, 0.1) is 11.7 Å². The molecule has 14 heteroatoms. The fraction of sp³-hybridized carbons (Fsp3) is 0.595. The van der Waals surface area contributed by atoms with Crippen LogP contribution in [-0.4, -0.2) is 71.3 Å². The van der Waals surface area contributed by atoms with E-state index in [-0.39, 0.29) is 69.2 Å². The molecule has 0 amide bonds. The molecule has 284 valence electrons. The third-order valence-electron chi connectivity index (χ3n) is 10.2. The maximum atomic E-state index is 13.2. The van der Waals surface area contributed by atoms with Gasteiger partial charge in [-0.15, -0.1) is 13.2 Å². The summed E-state index contributed by atoms with van der Waals surface area (Å²) >= 11 is 0. The Morgan fingerprint density at radius 2 is 1.65 bits per heavy atom. The van der Waals surface area contributed by atoms with Crippen molar-refractivity contribution in [2.75, 3.05) is 25.6 Å². The quantitative estimate of drug-likeness (QED) is 0.150. The van der Waals surface area contributed by atoms with Crippen LogP contribution in [-0.2, 0) is 11.8 Å². The number of carbonyl (C=O) groups is 2. The molecule has 0 aliphatic carbocycles. The highest BCUT2D eigenvalue weighted by Crippen LogP contribution is 2.50. The van der Waals surface area contributed by atoms with Gasteiger partial charge in [-0.1, -0.05) is 54.0 Å². The normalized spacial score (nSPS) is 18.4. The Hall–Kier alpha value is -4.43. The number of aromatic nitrogens is 6. The van der Waals surface area contributed by atoms with Gasteiger partial charge in [0.15, 0.2) is 22.8 Å². The zero-order valence-corrected chi connectivity index (χ0v) is 33.4. The van der Waals surface area contributed by atoms with Crippen molar-refractivity contribution in [3.05, 3.63) is 62.7 Å². The molecule has 0 saturated carbocycles. The van der Waals surface area contributed by atoms with E-state index in [9.17, 15) is 19.2 Å². The molecule has 0 spiro atoms. The predicted octanol–water partition coefficient (Wildman–Crippen LogP) is 5.56. The van der Waals surface area contributed by atoms with Gasteiger partial charge in [-0.05, 0) is 66.6 Å². The second kappa shape index (κ2) is 17.7. The Morgan fingerprint density at radius 3 is 2.12 bits per heavy atom. The topological polar surface area (TPSA) is 197 Å². The third kappa shape index (κ3) is 9.09. The molecule has 1 unspecified atom stereocenters. The fourth-order valence-electron chi connectivity index (χ4n) is 5.47. The van der Waals surface area contributed by atoms with E-state index < -0.39 is 17.5 Å². The minimum atomic E-state index is -0.491. The largest absolute Gasteiger partial charge is 0.383 e. The van der Waals surface area contributed by atoms with E-state index in [0.717, 1.165) is 12.0 Å². The van der Waals surface area contributed by atoms with Gasteiger partial charge < -0.3 is 25.7 Å². The lowest BCUT2D eigenvalue weighted by molar-refractivity contribution is -0.0305. The van der Waals surface area contributed by atoms with E-state index in [0.29, 0.717) is 11.1 Å². The third-order valence-corrected chi connectivity index (χ3v) is 10.2. The number of carbonyl (C=O) groups excluding carboxylic acids is 2. The van der Waals surface area contributed by atoms with Gasteiger partial charge in [0.1, 0.15) is 12.0 Å². The summed E-state index contributed by atoms with van der Waals surface area (Å²) < 4.78 is 9.29. The summed E-state index contributed by atoms with van der Waals surface area (Å²) in [5.41, 5.74) is 12.0. The summed E-state index contributed by atoms with van der Waals surface area (Å²) in [5.74, 6) is -0.264. The summed E-state index contributed by atoms with van der Waals surface area (Å²) in [6.07, 6.45) is 1.84. The number of aryl methyl sites for hydroxylation is 1. The Bertz CT molecular complexity index is 1840. The number of nitrogens with two attached hydrogens (primary N) is 2. The molecule has 1 saturated heterocycles. The van der Waals surface area contributed by atoms with Gasteiger partial charge in [0, 0.05) is 30.1 Å². The first-order valence-electron chi connectivity index (χ1n) is 17.3. The van der Waals surface area contributed by atoms with Crippen LogP contribution in [0.15, 0.2) is 40.1 Å². The van der Waals surface area contributed by atoms with Gasteiger partial charge in [0.25, 0.3) is 5.56 Å². The molecule has 4 atom stereocenters. The summed E-state index contributed by atoms with van der Waals surface area (Å²) in [4.78, 5) is 66.3. The molecule has 3 aromatic rings. The minimum Gasteiger partial charge on any atom is -0.383 e. The van der Waals surface area contributed by atoms with Crippen LogP contribution in [0.5, 0.6) is 0 Å². The second-order valence-corrected chi connectivity index (χ2v) is 14.0. The number of anilines is 2. The monoisotopic (exact) mass is 711 g/mol. The number of ketones is 2. The van der Waals surface area contributed by atoms with Crippen LogP contribution >= 0.6 is 0 Å². The van der Waals surface area contributed by atoms with Crippen molar-refractivity contribution in [2.24, 2.45) is 24.3 Å². The van der Waals surface area contributed by atoms with Crippen molar-refractivity contribution in [3.63, 3.8) is 0 Å². The van der Waals surface area contributed by atoms with Crippen molar-refractivity contribution in [1.82, 2.24) is 34.0 Å². The Balaban J connectivity index is 0.000000494. The smallest absolute Gasteiger partial charge is 0.349 e. The molecule has 0 bridgehead atoms. The Kier molecular flexibility index (Phi) is 15.5. The van der Waals surface area contributed by atoms with E-state index in [1.54, 1.807) is 18.5 Å². The molecule has 51 heavy (non-hydrogen) atoms. The van der Waals surface area contributed by atoms with Crippen molar-refractivity contribution >= 4 is 34.5 Å². The number of H-pyrrole nitrogens is 1. The van der Waals surface area contributed by atoms with Gasteiger partial charge in [-0.2, -0.15) is 9.97 Å². The number of aromatic amines is 1. The van der Waals surface area contributed by atoms with Crippen LogP contribution in [0.4, 0.5) is 11.8 Å². The zero-order chi connectivity index (χ0) is 39.9. The predicted molar refractivity (Wildman–Crippen MR) is 206 cm³/mol. The molecule has 0 radical (unpaired) electrons. The summed E-state index contributed by atoms with van der Waals surface area (Å²) in [6.45, 7) is 29.7. The lowest BCUT2D eigenvalue weighted by Crippen LogP contribution is -2.47. The zero-order valence-electron chi connectivity index (χ0n) is 33.4. The van der Waals surface area contributed by atoms with Crippen LogP contribution in [0.2, 0.25) is 0 Å². The SMILES string of the molecule is C=C.CC.CC(C(=O)c1cn(C)c(=O)nc1N)C(C)(C)N(C)C.CC[C@H]1O[C@@H](n2c(C(=O)C(C)=C(C)C)nc3c(=O)[nH]c(N)nc32)C(C)(C)[C@H]1C. The molecule has 3 aromatic heterocycles. The van der Waals surface area contributed by atoms with E-state index in [4.69, 9.17) is 16.2 Å². The highest BCUT2D eigenvalue weighted by atomic mass is 16.5. The number of nitrogens with one attached hydrogen (secondary N) is 1. The van der Waals surface area contributed by atoms with Gasteiger partial charge >= 0.3 is 5.69 Å². The molecule has 4 heterocycles. The van der Waals surface area contributed by atoms with Gasteiger partial charge in [-0.25, -0.2) is 9.78 Å². The molecule has 14 nitrogen and oxygen atoms in total. The van der Waals surface area contributed by atoms with E-state index >= 15 is 0 Å². The first-order valence-corrected chi connectivity index (χ1v) is 17.3. The lowest BCUT2D eigenvalue weighted by atomic mass is 9.77. The number of rotatable bonds is 8. The number of allylic oxidation sites excluding steroid dienone is 2. The summed E-state index contributed by atoms with van der Waals surface area (Å²) in [5, 5.41) is 0. The molecule has 1 aliphatic heterocycles. The summed E-state index contributed by atoms with van der Waals surface area (Å²) in [7, 11) is 5.39. The Morgan fingerprint density at radius 1 is 1.10 bits per heavy atom. The molecule has 1 aliphatic rings. The number of hydrogen-bond donors (Lipinski definition) is 3. The van der Waals surface area contributed by atoms with Gasteiger partial charge in [-0.3, -0.25) is 23.9 Å². The maximum Gasteiger partial charge on any atom is 0.349 e. The van der Waals surface area contributed by atoms with Crippen LogP contribution < -0.4 is 22.7 Å². The van der Waals surface area contributed by atoms with Crippen molar-refractivity contribution in [2.45, 2.75) is 107 Å². The first-order chi connectivity index (χ1) is 23.6. The lowest BCUT2D eigenvalue weighted by Gasteiger charge is -2.37.